The normalized spacial score (nSPS) is 17.9. The van der Waals surface area contributed by atoms with Crippen LogP contribution in [0.25, 0.3) is 5.76 Å². The molecule has 1 saturated heterocycles. The molecule has 1 atom stereocenters. The standard InChI is InChI=1S/C22H17ClN2O6/c1-11-9-17(24-31-11)25-19(13-5-8-15(26)16(10-13)30-2)18(21(28)22(25)29)20(27)12-3-6-14(23)7-4-12/h3-10,19,26-27H,1-2H3/b20-18+. The monoisotopic (exact) mass is 440 g/mol. The number of hydrogen-bond donors (Lipinski definition) is 2. The van der Waals surface area contributed by atoms with E-state index in [4.69, 9.17) is 20.9 Å². The van der Waals surface area contributed by atoms with Crippen LogP contribution in [0.3, 0.4) is 0 Å². The third kappa shape index (κ3) is 3.51. The molecule has 0 bridgehead atoms. The molecular formula is C22H17ClN2O6. The fraction of sp³-hybridized carbons (Fsp3) is 0.136. The number of methoxy groups -OCH3 is 1. The van der Waals surface area contributed by atoms with Crippen molar-refractivity contribution in [1.82, 2.24) is 5.16 Å². The Morgan fingerprint density at radius 3 is 2.48 bits per heavy atom. The molecule has 1 aliphatic rings. The fourth-order valence-corrected chi connectivity index (χ4v) is 3.60. The van der Waals surface area contributed by atoms with Crippen LogP contribution in [-0.4, -0.2) is 34.2 Å². The Morgan fingerprint density at radius 1 is 1.16 bits per heavy atom. The molecule has 1 aromatic heterocycles. The second-order valence-electron chi connectivity index (χ2n) is 6.90. The number of benzene rings is 2. The van der Waals surface area contributed by atoms with Gasteiger partial charge in [-0.1, -0.05) is 22.8 Å². The van der Waals surface area contributed by atoms with Crippen molar-refractivity contribution in [3.8, 4) is 11.5 Å². The number of halogens is 1. The highest BCUT2D eigenvalue weighted by Crippen LogP contribution is 2.43. The number of phenols is 1. The summed E-state index contributed by atoms with van der Waals surface area (Å²) in [7, 11) is 1.38. The van der Waals surface area contributed by atoms with Gasteiger partial charge in [-0.15, -0.1) is 0 Å². The predicted octanol–water partition coefficient (Wildman–Crippen LogP) is 3.98. The number of ketones is 1. The molecule has 1 aliphatic heterocycles. The summed E-state index contributed by atoms with van der Waals surface area (Å²) in [6, 6.07) is 11.1. The lowest BCUT2D eigenvalue weighted by Gasteiger charge is -2.23. The quantitative estimate of drug-likeness (QED) is 0.358. The molecule has 2 aromatic carbocycles. The first-order valence-corrected chi connectivity index (χ1v) is 9.56. The van der Waals surface area contributed by atoms with Crippen molar-refractivity contribution in [1.29, 1.82) is 0 Å². The van der Waals surface area contributed by atoms with Gasteiger partial charge in [0.15, 0.2) is 17.3 Å². The first kappa shape index (κ1) is 20.5. The van der Waals surface area contributed by atoms with E-state index in [0.717, 1.165) is 4.90 Å². The topological polar surface area (TPSA) is 113 Å². The molecule has 31 heavy (non-hydrogen) atoms. The fourth-order valence-electron chi connectivity index (χ4n) is 3.48. The average molecular weight is 441 g/mol. The Hall–Kier alpha value is -3.78. The van der Waals surface area contributed by atoms with Gasteiger partial charge < -0.3 is 19.5 Å². The number of ether oxygens (including phenoxy) is 1. The average Bonchev–Trinajstić information content (AvgIpc) is 3.29. The first-order valence-electron chi connectivity index (χ1n) is 9.19. The summed E-state index contributed by atoms with van der Waals surface area (Å²) in [5, 5.41) is 25.3. The van der Waals surface area contributed by atoms with Crippen LogP contribution in [0.2, 0.25) is 5.02 Å². The lowest BCUT2D eigenvalue weighted by atomic mass is 9.95. The molecule has 8 nitrogen and oxygen atoms in total. The van der Waals surface area contributed by atoms with Gasteiger partial charge in [-0.3, -0.25) is 14.5 Å². The van der Waals surface area contributed by atoms with E-state index in [1.54, 1.807) is 31.2 Å². The van der Waals surface area contributed by atoms with Gasteiger partial charge in [0, 0.05) is 16.7 Å². The van der Waals surface area contributed by atoms with E-state index in [9.17, 15) is 19.8 Å². The Labute approximate surface area is 181 Å². The summed E-state index contributed by atoms with van der Waals surface area (Å²) >= 11 is 5.92. The minimum atomic E-state index is -1.03. The zero-order valence-corrected chi connectivity index (χ0v) is 17.3. The number of carbonyl (C=O) groups is 2. The molecule has 0 spiro atoms. The summed E-state index contributed by atoms with van der Waals surface area (Å²) in [6.07, 6.45) is 0. The number of aliphatic hydroxyl groups excluding tert-OH is 1. The lowest BCUT2D eigenvalue weighted by molar-refractivity contribution is -0.132. The minimum absolute atomic E-state index is 0.113. The van der Waals surface area contributed by atoms with Crippen molar-refractivity contribution >= 4 is 34.9 Å². The molecule has 2 heterocycles. The van der Waals surface area contributed by atoms with E-state index in [1.807, 2.05) is 0 Å². The Bertz CT molecular complexity index is 1210. The molecule has 1 fully saturated rings. The predicted molar refractivity (Wildman–Crippen MR) is 112 cm³/mol. The summed E-state index contributed by atoms with van der Waals surface area (Å²) in [5.41, 5.74) is 0.597. The van der Waals surface area contributed by atoms with Crippen molar-refractivity contribution in [2.45, 2.75) is 13.0 Å². The summed E-state index contributed by atoms with van der Waals surface area (Å²) in [4.78, 5) is 27.1. The van der Waals surface area contributed by atoms with E-state index in [1.165, 1.54) is 31.4 Å². The summed E-state index contributed by atoms with van der Waals surface area (Å²) in [5.74, 6) is -1.53. The maximum Gasteiger partial charge on any atom is 0.301 e. The second-order valence-corrected chi connectivity index (χ2v) is 7.34. The highest BCUT2D eigenvalue weighted by molar-refractivity contribution is 6.51. The van der Waals surface area contributed by atoms with Crippen molar-refractivity contribution in [3.63, 3.8) is 0 Å². The van der Waals surface area contributed by atoms with E-state index < -0.39 is 17.7 Å². The Morgan fingerprint density at radius 2 is 1.87 bits per heavy atom. The molecule has 1 unspecified atom stereocenters. The summed E-state index contributed by atoms with van der Waals surface area (Å²) < 4.78 is 10.3. The number of aliphatic hydroxyl groups is 1. The van der Waals surface area contributed by atoms with Gasteiger partial charge in [-0.25, -0.2) is 0 Å². The lowest BCUT2D eigenvalue weighted by Crippen LogP contribution is -2.29. The number of anilines is 1. The third-order valence-electron chi connectivity index (χ3n) is 4.94. The zero-order valence-electron chi connectivity index (χ0n) is 16.5. The third-order valence-corrected chi connectivity index (χ3v) is 5.20. The maximum absolute atomic E-state index is 13.0. The van der Waals surface area contributed by atoms with Gasteiger partial charge in [0.25, 0.3) is 5.78 Å². The van der Waals surface area contributed by atoms with Crippen LogP contribution >= 0.6 is 11.6 Å². The molecule has 4 rings (SSSR count). The largest absolute Gasteiger partial charge is 0.507 e. The molecule has 2 N–H and O–H groups in total. The van der Waals surface area contributed by atoms with Gasteiger partial charge in [0.2, 0.25) is 0 Å². The molecule has 158 valence electrons. The number of nitrogens with zero attached hydrogens (tertiary/aromatic N) is 2. The highest BCUT2D eigenvalue weighted by atomic mass is 35.5. The van der Waals surface area contributed by atoms with Crippen molar-refractivity contribution in [3.05, 3.63) is 76.0 Å². The van der Waals surface area contributed by atoms with E-state index >= 15 is 0 Å². The van der Waals surface area contributed by atoms with Crippen LogP contribution in [0, 0.1) is 6.92 Å². The van der Waals surface area contributed by atoms with Gasteiger partial charge in [0.05, 0.1) is 18.7 Å². The van der Waals surface area contributed by atoms with Gasteiger partial charge >= 0.3 is 5.91 Å². The number of phenolic OH excluding ortho intramolecular Hbond substituents is 1. The van der Waals surface area contributed by atoms with E-state index in [-0.39, 0.29) is 28.6 Å². The summed E-state index contributed by atoms with van der Waals surface area (Å²) in [6.45, 7) is 1.65. The number of carbonyl (C=O) groups excluding carboxylic acids is 2. The smallest absolute Gasteiger partial charge is 0.301 e. The van der Waals surface area contributed by atoms with Gasteiger partial charge in [-0.05, 0) is 48.9 Å². The number of amides is 1. The van der Waals surface area contributed by atoms with Crippen molar-refractivity contribution in [2.24, 2.45) is 0 Å². The van der Waals surface area contributed by atoms with E-state index in [0.29, 0.717) is 21.9 Å². The SMILES string of the molecule is COc1cc(C2/C(=C(\O)c3ccc(Cl)cc3)C(=O)C(=O)N2c2cc(C)on2)ccc1O. The Kier molecular flexibility index (Phi) is 5.16. The van der Waals surface area contributed by atoms with Gasteiger partial charge in [0.1, 0.15) is 11.5 Å². The Balaban J connectivity index is 1.96. The van der Waals surface area contributed by atoms with Crippen LogP contribution in [-0.2, 0) is 9.59 Å². The highest BCUT2D eigenvalue weighted by Gasteiger charge is 2.48. The number of hydrogen-bond acceptors (Lipinski definition) is 7. The number of aromatic hydroxyl groups is 1. The molecule has 9 heteroatoms. The van der Waals surface area contributed by atoms with E-state index in [2.05, 4.69) is 5.16 Å². The molecular weight excluding hydrogens is 424 g/mol. The zero-order chi connectivity index (χ0) is 22.3. The molecule has 1 amide bonds. The van der Waals surface area contributed by atoms with Crippen LogP contribution in [0.5, 0.6) is 11.5 Å². The molecule has 0 radical (unpaired) electrons. The molecule has 0 aliphatic carbocycles. The minimum Gasteiger partial charge on any atom is -0.507 e. The molecule has 3 aromatic rings. The number of Topliss-reactive ketones (excluding diaryl/α,β-unsaturated/α-hetero) is 1. The first-order chi connectivity index (χ1) is 14.8. The van der Waals surface area contributed by atoms with Crippen LogP contribution < -0.4 is 9.64 Å². The number of rotatable bonds is 4. The van der Waals surface area contributed by atoms with Crippen molar-refractivity contribution < 1.29 is 29.1 Å². The van der Waals surface area contributed by atoms with Crippen LogP contribution in [0.15, 0.2) is 58.6 Å². The van der Waals surface area contributed by atoms with Crippen LogP contribution in [0.4, 0.5) is 5.82 Å². The number of aromatic nitrogens is 1. The maximum atomic E-state index is 13.0. The van der Waals surface area contributed by atoms with Crippen LogP contribution in [0.1, 0.15) is 22.9 Å². The second kappa shape index (κ2) is 7.81. The van der Waals surface area contributed by atoms with Crippen molar-refractivity contribution in [2.75, 3.05) is 12.0 Å². The van der Waals surface area contributed by atoms with Gasteiger partial charge in [-0.2, -0.15) is 0 Å². The molecule has 0 saturated carbocycles. The number of aryl methyl sites for hydroxylation is 1.